The van der Waals surface area contributed by atoms with Gasteiger partial charge >= 0.3 is 0 Å². The molecule has 5 rings (SSSR count). The molecular weight excluding hydrogens is 727 g/mol. The summed E-state index contributed by atoms with van der Waals surface area (Å²) in [7, 11) is 0. The van der Waals surface area contributed by atoms with Gasteiger partial charge in [-0.25, -0.2) is 4.98 Å². The molecule has 7 heteroatoms. The zero-order valence-corrected chi connectivity index (χ0v) is 28.8. The van der Waals surface area contributed by atoms with Crippen LogP contribution in [0.4, 0.5) is 0 Å². The quantitative estimate of drug-likeness (QED) is 0.0870. The van der Waals surface area contributed by atoms with Crippen molar-refractivity contribution in [2.75, 3.05) is 0 Å². The Balaban J connectivity index is 0.000000286. The summed E-state index contributed by atoms with van der Waals surface area (Å²) >= 11 is 0. The van der Waals surface area contributed by atoms with E-state index < -0.39 is 0 Å². The number of allylic oxidation sites excluding steroid dienone is 2. The largest absolute Gasteiger partial charge is 0.512 e. The van der Waals surface area contributed by atoms with Crippen molar-refractivity contribution in [3.05, 3.63) is 102 Å². The second-order valence-electron chi connectivity index (χ2n) is 10.9. The molecule has 0 unspecified atom stereocenters. The zero-order chi connectivity index (χ0) is 30.9. The van der Waals surface area contributed by atoms with Gasteiger partial charge in [0.2, 0.25) is 5.89 Å². The van der Waals surface area contributed by atoms with Gasteiger partial charge in [0.25, 0.3) is 5.71 Å². The van der Waals surface area contributed by atoms with E-state index in [0.717, 1.165) is 53.9 Å². The Morgan fingerprint density at radius 2 is 1.48 bits per heavy atom. The van der Waals surface area contributed by atoms with Crippen LogP contribution in [0.2, 0.25) is 0 Å². The molecule has 5 aromatic rings. The van der Waals surface area contributed by atoms with E-state index in [1.54, 1.807) is 0 Å². The molecule has 0 atom stereocenters. The number of ketones is 1. The molecule has 0 aliphatic heterocycles. The van der Waals surface area contributed by atoms with Crippen molar-refractivity contribution in [1.82, 2.24) is 14.5 Å². The minimum absolute atomic E-state index is 0. The van der Waals surface area contributed by atoms with Gasteiger partial charge < -0.3 is 14.1 Å². The molecule has 0 saturated carbocycles. The second kappa shape index (κ2) is 16.3. The van der Waals surface area contributed by atoms with E-state index in [4.69, 9.17) is 14.4 Å². The predicted molar refractivity (Wildman–Crippen MR) is 174 cm³/mol. The average Bonchev–Trinajstić information content (AvgIpc) is 3.58. The van der Waals surface area contributed by atoms with Gasteiger partial charge in [0.15, 0.2) is 11.4 Å². The molecule has 44 heavy (non-hydrogen) atoms. The van der Waals surface area contributed by atoms with Gasteiger partial charge in [0.05, 0.1) is 11.6 Å². The summed E-state index contributed by atoms with van der Waals surface area (Å²) in [5.74, 6) is 1.89. The fraction of sp³-hybridized carbons (Fsp3) is 0.324. The molecule has 2 heterocycles. The molecule has 0 amide bonds. The van der Waals surface area contributed by atoms with Crippen LogP contribution in [0.5, 0.6) is 0 Å². The standard InChI is InChI=1S/C24H18N3O.C13H24O2.Ir/c1-16-13-17(2)15-19(14-16)21-25-24-22(27(21)20-11-7-4-8-12-20)26-23(28-24)18-9-5-3-6-10-18;1-5-10(6-2)12(14)9-13(15)11(7-3)8-4;/h3-14H,1-2H3;9-11,14H,5-8H2,1-4H3;/q-1;;/b;12-9-;. The number of benzene rings is 3. The van der Waals surface area contributed by atoms with E-state index in [1.807, 2.05) is 99.8 Å². The van der Waals surface area contributed by atoms with Crippen molar-refractivity contribution in [3.8, 4) is 28.5 Å². The summed E-state index contributed by atoms with van der Waals surface area (Å²) in [6.07, 6.45) is 4.91. The van der Waals surface area contributed by atoms with Crippen LogP contribution in [0, 0.1) is 31.7 Å². The number of hydrogen-bond donors (Lipinski definition) is 1. The van der Waals surface area contributed by atoms with Crippen LogP contribution >= 0.6 is 0 Å². The van der Waals surface area contributed by atoms with Crippen LogP contribution in [-0.2, 0) is 24.9 Å². The summed E-state index contributed by atoms with van der Waals surface area (Å²) in [6, 6.07) is 27.6. The molecule has 3 aromatic carbocycles. The van der Waals surface area contributed by atoms with Crippen molar-refractivity contribution in [3.63, 3.8) is 0 Å². The van der Waals surface area contributed by atoms with Crippen LogP contribution in [-0.4, -0.2) is 25.4 Å². The topological polar surface area (TPSA) is 81.2 Å². The van der Waals surface area contributed by atoms with Crippen LogP contribution in [0.3, 0.4) is 0 Å². The molecule has 1 radical (unpaired) electrons. The molecule has 0 bridgehead atoms. The maximum absolute atomic E-state index is 11.7. The van der Waals surface area contributed by atoms with Gasteiger partial charge in [-0.3, -0.25) is 4.79 Å². The Bertz CT molecular complexity index is 1640. The summed E-state index contributed by atoms with van der Waals surface area (Å²) in [5.41, 5.74) is 6.31. The van der Waals surface area contributed by atoms with E-state index in [-0.39, 0.29) is 43.5 Å². The summed E-state index contributed by atoms with van der Waals surface area (Å²) < 4.78 is 8.06. The van der Waals surface area contributed by atoms with Gasteiger partial charge in [-0.1, -0.05) is 77.9 Å². The first-order valence-electron chi connectivity index (χ1n) is 15.2. The van der Waals surface area contributed by atoms with E-state index >= 15 is 0 Å². The van der Waals surface area contributed by atoms with Gasteiger partial charge in [-0.15, -0.1) is 34.9 Å². The molecule has 0 aliphatic carbocycles. The number of imidazole rings is 1. The monoisotopic (exact) mass is 769 g/mol. The average molecular weight is 769 g/mol. The Kier molecular flexibility index (Phi) is 12.9. The van der Waals surface area contributed by atoms with Crippen molar-refractivity contribution in [1.29, 1.82) is 0 Å². The second-order valence-corrected chi connectivity index (χ2v) is 10.9. The third kappa shape index (κ3) is 8.22. The van der Waals surface area contributed by atoms with E-state index in [1.165, 1.54) is 11.6 Å². The number of hydrogen-bond acceptors (Lipinski definition) is 5. The number of aliphatic hydroxyl groups excluding tert-OH is 1. The summed E-state index contributed by atoms with van der Waals surface area (Å²) in [6.45, 7) is 12.2. The Morgan fingerprint density at radius 3 is 2.05 bits per heavy atom. The smallest absolute Gasteiger partial charge is 0.257 e. The third-order valence-corrected chi connectivity index (χ3v) is 7.73. The van der Waals surface area contributed by atoms with Gasteiger partial charge in [0, 0.05) is 49.3 Å². The number of aromatic nitrogens is 3. The number of nitrogens with zero attached hydrogens (tertiary/aromatic N) is 3. The zero-order valence-electron chi connectivity index (χ0n) is 26.4. The normalized spacial score (nSPS) is 11.4. The third-order valence-electron chi connectivity index (χ3n) is 7.73. The molecule has 0 spiro atoms. The first-order valence-corrected chi connectivity index (χ1v) is 15.2. The number of fused-ring (bicyclic) bond motifs is 1. The fourth-order valence-electron chi connectivity index (χ4n) is 5.27. The maximum Gasteiger partial charge on any atom is 0.257 e. The Hall–Kier alpha value is -3.80. The number of oxazole rings is 1. The minimum atomic E-state index is 0. The van der Waals surface area contributed by atoms with Gasteiger partial charge in [-0.2, -0.15) is 4.98 Å². The summed E-state index contributed by atoms with van der Waals surface area (Å²) in [4.78, 5) is 21.3. The molecule has 2 aromatic heterocycles. The van der Waals surface area contributed by atoms with Crippen LogP contribution in [0.1, 0.15) is 64.5 Å². The molecule has 0 saturated heterocycles. The van der Waals surface area contributed by atoms with Crippen molar-refractivity contribution in [2.24, 2.45) is 11.8 Å². The number of aryl methyl sites for hydroxylation is 2. The SMILES string of the molecule is CCC(CC)C(=O)/C=C(\O)C(CC)CC.Cc1[c-]c(-c2nc3oc(-c4ccccc4)nc3n2-c2ccccc2)cc(C)c1.[Ir]. The fourth-order valence-corrected chi connectivity index (χ4v) is 5.27. The van der Waals surface area contributed by atoms with Crippen molar-refractivity contribution in [2.45, 2.75) is 67.2 Å². The molecular formula is C37H42IrN3O3-. The number of carbonyl (C=O) groups excluding carboxylic acids is 1. The predicted octanol–water partition coefficient (Wildman–Crippen LogP) is 9.63. The number of carbonyl (C=O) groups is 1. The van der Waals surface area contributed by atoms with E-state index in [0.29, 0.717) is 17.3 Å². The first kappa shape index (κ1) is 34.7. The molecule has 1 N–H and O–H groups in total. The van der Waals surface area contributed by atoms with Gasteiger partial charge in [-0.05, 0) is 49.9 Å². The Morgan fingerprint density at radius 1 is 0.886 bits per heavy atom. The number of rotatable bonds is 10. The number of para-hydroxylation sites is 1. The first-order chi connectivity index (χ1) is 20.8. The molecule has 0 aliphatic rings. The van der Waals surface area contributed by atoms with Crippen LogP contribution in [0.15, 0.2) is 89.0 Å². The van der Waals surface area contributed by atoms with E-state index in [9.17, 15) is 9.90 Å². The van der Waals surface area contributed by atoms with Crippen LogP contribution < -0.4 is 0 Å². The minimum Gasteiger partial charge on any atom is -0.512 e. The molecule has 6 nitrogen and oxygen atoms in total. The number of aliphatic hydroxyl groups is 1. The van der Waals surface area contributed by atoms with E-state index in [2.05, 4.69) is 25.1 Å². The van der Waals surface area contributed by atoms with Crippen LogP contribution in [0.25, 0.3) is 39.9 Å². The van der Waals surface area contributed by atoms with Crippen molar-refractivity contribution >= 4 is 17.1 Å². The van der Waals surface area contributed by atoms with Crippen molar-refractivity contribution < 1.29 is 34.4 Å². The van der Waals surface area contributed by atoms with Gasteiger partial charge in [0.1, 0.15) is 0 Å². The maximum atomic E-state index is 11.7. The molecule has 233 valence electrons. The molecule has 0 fully saturated rings. The Labute approximate surface area is 274 Å². The summed E-state index contributed by atoms with van der Waals surface area (Å²) in [5, 5.41) is 9.76.